The molecule has 14 nitrogen and oxygen atoms in total. The van der Waals surface area contributed by atoms with Crippen LogP contribution in [0.2, 0.25) is 0 Å². The molecule has 1 aliphatic carbocycles. The van der Waals surface area contributed by atoms with E-state index in [1.165, 1.54) is 6.07 Å². The molecule has 1 aromatic heterocycles. The Morgan fingerprint density at radius 2 is 1.68 bits per heavy atom. The van der Waals surface area contributed by atoms with Crippen LogP contribution >= 0.6 is 0 Å². The number of pyridine rings is 1. The highest BCUT2D eigenvalue weighted by Gasteiger charge is 2.45. The number of anilines is 2. The van der Waals surface area contributed by atoms with Gasteiger partial charge in [-0.3, -0.25) is 33.9 Å². The van der Waals surface area contributed by atoms with E-state index in [9.17, 15) is 28.4 Å². The second kappa shape index (κ2) is 19.5. The first-order valence-corrected chi connectivity index (χ1v) is 21.8. The van der Waals surface area contributed by atoms with Gasteiger partial charge in [0.2, 0.25) is 17.7 Å². The number of carbonyl (C=O) groups is 5. The van der Waals surface area contributed by atoms with Crippen LogP contribution in [0.4, 0.5) is 15.8 Å². The second-order valence-corrected chi connectivity index (χ2v) is 16.8. The molecule has 5 amide bonds. The molecule has 2 atom stereocenters. The Kier molecular flexibility index (Phi) is 13.4. The van der Waals surface area contributed by atoms with Gasteiger partial charge in [0.1, 0.15) is 23.7 Å². The minimum Gasteiger partial charge on any atom is -0.487 e. The van der Waals surface area contributed by atoms with Crippen LogP contribution in [0.15, 0.2) is 85.2 Å². The van der Waals surface area contributed by atoms with Crippen LogP contribution in [0, 0.1) is 17.7 Å². The summed E-state index contributed by atoms with van der Waals surface area (Å²) in [5.41, 5.74) is 4.21. The number of hydrogen-bond acceptors (Lipinski definition) is 10. The fourth-order valence-electron chi connectivity index (χ4n) is 9.06. The van der Waals surface area contributed by atoms with Gasteiger partial charge in [-0.2, -0.15) is 0 Å². The Bertz CT molecular complexity index is 2380. The van der Waals surface area contributed by atoms with Gasteiger partial charge in [0.25, 0.3) is 11.8 Å². The van der Waals surface area contributed by atoms with E-state index in [1.807, 2.05) is 37.3 Å². The average Bonchev–Trinajstić information content (AvgIpc) is 3.52. The number of nitrogens with one attached hydrogen (secondary N) is 3. The molecule has 3 N–H and O–H groups in total. The number of ether oxygens (including phenoxy) is 3. The zero-order chi connectivity index (χ0) is 44.0. The standard InChI is InChI=1S/C48H53FN6O8/c1-29-6-17-42(46(58)52-29)55-47(59)38-4-3-5-41(44(38)48(55)60)51-21-23-62-25-24-61-22-19-43(56)54-27-36(28-54)63-35-14-12-34(13-15-35)53-45(57)30(2)31-7-9-32(10-8-31)37-18-20-50-40-16-11-33(49)26-39(37)40/h3-5,11-16,18,20,26,30-32,36,42,51H,1,6-10,17,19,21-25,27-28H2,2H3,(H,52,58)(H,53,57)/t30-,31-,32+,42?/m1/s1. The molecule has 63 heavy (non-hydrogen) atoms. The summed E-state index contributed by atoms with van der Waals surface area (Å²) in [6.07, 6.45) is 6.47. The van der Waals surface area contributed by atoms with Gasteiger partial charge in [-0.1, -0.05) is 19.6 Å². The number of amides is 5. The molecule has 2 saturated heterocycles. The molecule has 4 aromatic rings. The number of nitrogens with zero attached hydrogens (tertiary/aromatic N) is 3. The quantitative estimate of drug-likeness (QED) is 0.0795. The molecule has 15 heteroatoms. The molecule has 0 radical (unpaired) electrons. The fourth-order valence-corrected chi connectivity index (χ4v) is 9.06. The zero-order valence-electron chi connectivity index (χ0n) is 35.4. The Morgan fingerprint density at radius 3 is 2.44 bits per heavy atom. The summed E-state index contributed by atoms with van der Waals surface area (Å²) in [7, 11) is 0. The SMILES string of the molecule is C=C1CCC(N2C(=O)c3cccc(NCCOCCOCCC(=O)N4CC(Oc5ccc(NC(=O)[C@H](C)[C@H]6CC[C@@H](c7ccnc8ccc(F)cc87)CC6)cc5)C4)c3C2=O)C(=O)N1. The first-order valence-electron chi connectivity index (χ1n) is 21.8. The number of piperidine rings is 1. The molecule has 8 rings (SSSR count). The third-order valence-electron chi connectivity index (χ3n) is 12.7. The van der Waals surface area contributed by atoms with Gasteiger partial charge in [0.05, 0.1) is 62.6 Å². The zero-order valence-corrected chi connectivity index (χ0v) is 35.4. The number of hydrogen-bond donors (Lipinski definition) is 3. The van der Waals surface area contributed by atoms with Gasteiger partial charge >= 0.3 is 0 Å². The first-order chi connectivity index (χ1) is 30.5. The molecule has 3 aromatic carbocycles. The van der Waals surface area contributed by atoms with Crippen LogP contribution in [-0.2, 0) is 23.9 Å². The molecule has 4 aliphatic rings. The van der Waals surface area contributed by atoms with E-state index >= 15 is 0 Å². The van der Waals surface area contributed by atoms with E-state index in [4.69, 9.17) is 14.2 Å². The molecule has 0 bridgehead atoms. The van der Waals surface area contributed by atoms with E-state index in [0.29, 0.717) is 81.0 Å². The van der Waals surface area contributed by atoms with Crippen molar-refractivity contribution in [2.75, 3.05) is 56.7 Å². The Balaban J connectivity index is 0.671. The van der Waals surface area contributed by atoms with E-state index in [2.05, 4.69) is 27.5 Å². The number of imide groups is 1. The van der Waals surface area contributed by atoms with Crippen molar-refractivity contribution in [2.45, 2.75) is 69.9 Å². The van der Waals surface area contributed by atoms with Crippen LogP contribution in [0.25, 0.3) is 10.9 Å². The monoisotopic (exact) mass is 860 g/mol. The number of fused-ring (bicyclic) bond motifs is 2. The van der Waals surface area contributed by atoms with Crippen molar-refractivity contribution in [3.63, 3.8) is 0 Å². The van der Waals surface area contributed by atoms with Gasteiger partial charge in [-0.05, 0) is 117 Å². The van der Waals surface area contributed by atoms with Crippen molar-refractivity contribution in [1.29, 1.82) is 0 Å². The highest BCUT2D eigenvalue weighted by molar-refractivity contribution is 6.25. The number of benzene rings is 3. The summed E-state index contributed by atoms with van der Waals surface area (Å²) in [5, 5.41) is 9.74. The number of allylic oxidation sites excluding steroid dienone is 1. The lowest BCUT2D eigenvalue weighted by Gasteiger charge is -2.39. The fraction of sp³-hybridized carbons (Fsp3) is 0.417. The second-order valence-electron chi connectivity index (χ2n) is 16.8. The molecular weight excluding hydrogens is 808 g/mol. The maximum Gasteiger partial charge on any atom is 0.264 e. The van der Waals surface area contributed by atoms with Gasteiger partial charge in [0, 0.05) is 41.1 Å². The van der Waals surface area contributed by atoms with Crippen LogP contribution in [0.1, 0.15) is 84.1 Å². The van der Waals surface area contributed by atoms with E-state index in [1.54, 1.807) is 41.4 Å². The minimum absolute atomic E-state index is 0.0128. The summed E-state index contributed by atoms with van der Waals surface area (Å²) in [6.45, 7) is 8.29. The molecule has 0 spiro atoms. The largest absolute Gasteiger partial charge is 0.487 e. The highest BCUT2D eigenvalue weighted by atomic mass is 19.1. The van der Waals surface area contributed by atoms with Crippen LogP contribution in [-0.4, -0.2) is 103 Å². The van der Waals surface area contributed by atoms with Gasteiger partial charge in [-0.15, -0.1) is 0 Å². The predicted molar refractivity (Wildman–Crippen MR) is 234 cm³/mol. The highest BCUT2D eigenvalue weighted by Crippen LogP contribution is 2.41. The van der Waals surface area contributed by atoms with Crippen molar-refractivity contribution in [3.05, 3.63) is 108 Å². The number of halogens is 1. The number of likely N-dealkylation sites (tertiary alicyclic amines) is 1. The maximum atomic E-state index is 14.0. The number of rotatable bonds is 17. The minimum atomic E-state index is -0.874. The third-order valence-corrected chi connectivity index (χ3v) is 12.7. The maximum absolute atomic E-state index is 14.0. The summed E-state index contributed by atoms with van der Waals surface area (Å²) < 4.78 is 31.4. The molecule has 3 aliphatic heterocycles. The molecule has 1 saturated carbocycles. The van der Waals surface area contributed by atoms with Crippen molar-refractivity contribution in [2.24, 2.45) is 11.8 Å². The molecule has 3 fully saturated rings. The van der Waals surface area contributed by atoms with Crippen molar-refractivity contribution in [3.8, 4) is 5.75 Å². The van der Waals surface area contributed by atoms with Crippen molar-refractivity contribution in [1.82, 2.24) is 20.1 Å². The van der Waals surface area contributed by atoms with Crippen LogP contribution in [0.5, 0.6) is 5.75 Å². The van der Waals surface area contributed by atoms with Crippen molar-refractivity contribution < 1.29 is 42.6 Å². The van der Waals surface area contributed by atoms with E-state index in [0.717, 1.165) is 47.0 Å². The summed E-state index contributed by atoms with van der Waals surface area (Å²) in [6, 6.07) is 18.2. The van der Waals surface area contributed by atoms with Gasteiger partial charge in [0.15, 0.2) is 0 Å². The lowest BCUT2D eigenvalue weighted by molar-refractivity contribution is -0.141. The van der Waals surface area contributed by atoms with Crippen molar-refractivity contribution >= 4 is 51.8 Å². The van der Waals surface area contributed by atoms with E-state index in [-0.39, 0.29) is 59.7 Å². The number of aromatic nitrogens is 1. The smallest absolute Gasteiger partial charge is 0.264 e. The third kappa shape index (κ3) is 9.89. The molecule has 330 valence electrons. The topological polar surface area (TPSA) is 168 Å². The average molecular weight is 861 g/mol. The lowest BCUT2D eigenvalue weighted by atomic mass is 9.73. The Morgan fingerprint density at radius 1 is 0.921 bits per heavy atom. The van der Waals surface area contributed by atoms with Crippen LogP contribution < -0.4 is 20.7 Å². The Labute approximate surface area is 365 Å². The lowest BCUT2D eigenvalue weighted by Crippen LogP contribution is -2.56. The summed E-state index contributed by atoms with van der Waals surface area (Å²) in [5.74, 6) is -0.589. The molecular formula is C48H53FN6O8. The van der Waals surface area contributed by atoms with Crippen LogP contribution in [0.3, 0.4) is 0 Å². The predicted octanol–water partition coefficient (Wildman–Crippen LogP) is 6.44. The van der Waals surface area contributed by atoms with E-state index < -0.39 is 23.8 Å². The molecule has 4 heterocycles. The first kappa shape index (κ1) is 43.5. The summed E-state index contributed by atoms with van der Waals surface area (Å²) in [4.78, 5) is 72.0. The molecule has 1 unspecified atom stereocenters. The van der Waals surface area contributed by atoms with Gasteiger partial charge in [-0.25, -0.2) is 4.39 Å². The summed E-state index contributed by atoms with van der Waals surface area (Å²) >= 11 is 0. The number of carbonyl (C=O) groups excluding carboxylic acids is 5. The van der Waals surface area contributed by atoms with Gasteiger partial charge < -0.3 is 35.1 Å². The Hall–Kier alpha value is -6.19. The normalized spacial score (nSPS) is 20.6.